The standard InChI is InChI=1S/C14H20N2O2/c1-9(2)12-13(10-3-4-10)15-8-16-14(12)18-11-5-6-17-7-11/h8-11H,3-7H2,1-2H3. The fraction of sp³-hybridized carbons (Fsp3) is 0.714. The first-order valence-corrected chi connectivity index (χ1v) is 6.85. The fourth-order valence-corrected chi connectivity index (χ4v) is 2.47. The highest BCUT2D eigenvalue weighted by Gasteiger charge is 2.31. The van der Waals surface area contributed by atoms with Gasteiger partial charge in [-0.3, -0.25) is 0 Å². The summed E-state index contributed by atoms with van der Waals surface area (Å²) >= 11 is 0. The highest BCUT2D eigenvalue weighted by atomic mass is 16.5. The second-order valence-electron chi connectivity index (χ2n) is 5.51. The minimum atomic E-state index is 0.157. The number of nitrogens with zero attached hydrogens (tertiary/aromatic N) is 2. The van der Waals surface area contributed by atoms with E-state index in [1.807, 2.05) is 0 Å². The molecule has 0 amide bonds. The third kappa shape index (κ3) is 2.34. The van der Waals surface area contributed by atoms with Crippen LogP contribution in [-0.2, 0) is 4.74 Å². The molecule has 3 rings (SSSR count). The molecule has 0 aromatic carbocycles. The van der Waals surface area contributed by atoms with Crippen molar-refractivity contribution in [1.29, 1.82) is 0 Å². The molecular formula is C14H20N2O2. The van der Waals surface area contributed by atoms with E-state index in [1.165, 1.54) is 24.1 Å². The van der Waals surface area contributed by atoms with Gasteiger partial charge in [-0.15, -0.1) is 0 Å². The van der Waals surface area contributed by atoms with Crippen molar-refractivity contribution in [2.75, 3.05) is 13.2 Å². The van der Waals surface area contributed by atoms with Crippen molar-refractivity contribution in [2.24, 2.45) is 0 Å². The van der Waals surface area contributed by atoms with E-state index in [2.05, 4.69) is 23.8 Å². The smallest absolute Gasteiger partial charge is 0.220 e. The van der Waals surface area contributed by atoms with E-state index < -0.39 is 0 Å². The first-order chi connectivity index (χ1) is 8.75. The summed E-state index contributed by atoms with van der Waals surface area (Å²) in [6.07, 6.45) is 5.26. The maximum Gasteiger partial charge on any atom is 0.220 e. The topological polar surface area (TPSA) is 44.2 Å². The summed E-state index contributed by atoms with van der Waals surface area (Å²) in [5.74, 6) is 1.81. The molecule has 1 aromatic rings. The summed E-state index contributed by atoms with van der Waals surface area (Å²) in [6, 6.07) is 0. The molecule has 0 N–H and O–H groups in total. The molecule has 2 aliphatic rings. The van der Waals surface area contributed by atoms with Crippen LogP contribution < -0.4 is 4.74 Å². The molecule has 1 saturated heterocycles. The highest BCUT2D eigenvalue weighted by Crippen LogP contribution is 2.44. The number of ether oxygens (including phenoxy) is 2. The Bertz CT molecular complexity index is 424. The Kier molecular flexibility index (Phi) is 3.20. The first kappa shape index (κ1) is 11.9. The number of aromatic nitrogens is 2. The maximum absolute atomic E-state index is 6.01. The molecule has 98 valence electrons. The molecule has 1 aliphatic heterocycles. The molecular weight excluding hydrogens is 228 g/mol. The van der Waals surface area contributed by atoms with Gasteiger partial charge in [0.2, 0.25) is 5.88 Å². The minimum absolute atomic E-state index is 0.157. The van der Waals surface area contributed by atoms with Gasteiger partial charge in [-0.2, -0.15) is 0 Å². The van der Waals surface area contributed by atoms with Crippen molar-refractivity contribution in [3.05, 3.63) is 17.6 Å². The van der Waals surface area contributed by atoms with Gasteiger partial charge in [0.15, 0.2) is 0 Å². The van der Waals surface area contributed by atoms with Gasteiger partial charge in [0.05, 0.1) is 18.9 Å². The van der Waals surface area contributed by atoms with Crippen molar-refractivity contribution < 1.29 is 9.47 Å². The number of hydrogen-bond acceptors (Lipinski definition) is 4. The van der Waals surface area contributed by atoms with Crippen LogP contribution in [0.3, 0.4) is 0 Å². The van der Waals surface area contributed by atoms with E-state index in [0.717, 1.165) is 18.9 Å². The zero-order valence-corrected chi connectivity index (χ0v) is 11.1. The van der Waals surface area contributed by atoms with Crippen molar-refractivity contribution >= 4 is 0 Å². The van der Waals surface area contributed by atoms with Gasteiger partial charge in [0, 0.05) is 17.9 Å². The van der Waals surface area contributed by atoms with Gasteiger partial charge in [-0.05, 0) is 18.8 Å². The molecule has 1 saturated carbocycles. The lowest BCUT2D eigenvalue weighted by Crippen LogP contribution is -2.18. The third-order valence-electron chi connectivity index (χ3n) is 3.59. The van der Waals surface area contributed by atoms with Gasteiger partial charge < -0.3 is 9.47 Å². The van der Waals surface area contributed by atoms with Crippen LogP contribution in [-0.4, -0.2) is 29.3 Å². The highest BCUT2D eigenvalue weighted by molar-refractivity contribution is 5.36. The summed E-state index contributed by atoms with van der Waals surface area (Å²) < 4.78 is 11.4. The lowest BCUT2D eigenvalue weighted by Gasteiger charge is -2.18. The van der Waals surface area contributed by atoms with E-state index in [4.69, 9.17) is 9.47 Å². The van der Waals surface area contributed by atoms with Gasteiger partial charge in [0.1, 0.15) is 12.4 Å². The van der Waals surface area contributed by atoms with Gasteiger partial charge in [-0.25, -0.2) is 9.97 Å². The Hall–Kier alpha value is -1.16. The minimum Gasteiger partial charge on any atom is -0.472 e. The van der Waals surface area contributed by atoms with Crippen LogP contribution in [0, 0.1) is 0 Å². The molecule has 1 aliphatic carbocycles. The van der Waals surface area contributed by atoms with Gasteiger partial charge in [-0.1, -0.05) is 13.8 Å². The van der Waals surface area contributed by atoms with Crippen molar-refractivity contribution in [1.82, 2.24) is 9.97 Å². The average molecular weight is 248 g/mol. The SMILES string of the molecule is CC(C)c1c(OC2CCOC2)ncnc1C1CC1. The summed E-state index contributed by atoms with van der Waals surface area (Å²) in [4.78, 5) is 8.82. The van der Waals surface area contributed by atoms with E-state index in [-0.39, 0.29) is 6.10 Å². The summed E-state index contributed by atoms with van der Waals surface area (Å²) in [5.41, 5.74) is 2.40. The second-order valence-corrected chi connectivity index (χ2v) is 5.51. The van der Waals surface area contributed by atoms with Crippen LogP contribution in [0.15, 0.2) is 6.33 Å². The Balaban J connectivity index is 1.89. The van der Waals surface area contributed by atoms with Crippen LogP contribution in [0.1, 0.15) is 56.2 Å². The zero-order chi connectivity index (χ0) is 12.5. The monoisotopic (exact) mass is 248 g/mol. The Morgan fingerprint density at radius 2 is 2.11 bits per heavy atom. The third-order valence-corrected chi connectivity index (χ3v) is 3.59. The molecule has 1 aromatic heterocycles. The predicted molar refractivity (Wildman–Crippen MR) is 67.9 cm³/mol. The molecule has 4 nitrogen and oxygen atoms in total. The van der Waals surface area contributed by atoms with Crippen LogP contribution in [0.2, 0.25) is 0 Å². The van der Waals surface area contributed by atoms with E-state index in [1.54, 1.807) is 6.33 Å². The average Bonchev–Trinajstić information content (AvgIpc) is 3.08. The van der Waals surface area contributed by atoms with Crippen LogP contribution in [0.25, 0.3) is 0 Å². The molecule has 2 fully saturated rings. The fourth-order valence-electron chi connectivity index (χ4n) is 2.47. The quantitative estimate of drug-likeness (QED) is 0.821. The van der Waals surface area contributed by atoms with Crippen molar-refractivity contribution in [3.63, 3.8) is 0 Å². The lowest BCUT2D eigenvalue weighted by atomic mass is 10.00. The Morgan fingerprint density at radius 3 is 2.72 bits per heavy atom. The molecule has 0 spiro atoms. The van der Waals surface area contributed by atoms with Crippen molar-refractivity contribution in [2.45, 2.75) is 51.0 Å². The lowest BCUT2D eigenvalue weighted by molar-refractivity contribution is 0.136. The maximum atomic E-state index is 6.01. The van der Waals surface area contributed by atoms with Crippen LogP contribution in [0.4, 0.5) is 0 Å². The molecule has 0 bridgehead atoms. The zero-order valence-electron chi connectivity index (χ0n) is 11.1. The van der Waals surface area contributed by atoms with Gasteiger partial charge in [0.25, 0.3) is 0 Å². The molecule has 18 heavy (non-hydrogen) atoms. The van der Waals surface area contributed by atoms with E-state index in [9.17, 15) is 0 Å². The summed E-state index contributed by atoms with van der Waals surface area (Å²) in [7, 11) is 0. The Morgan fingerprint density at radius 1 is 1.28 bits per heavy atom. The molecule has 2 heterocycles. The van der Waals surface area contributed by atoms with E-state index in [0.29, 0.717) is 18.4 Å². The normalized spacial score (nSPS) is 23.6. The summed E-state index contributed by atoms with van der Waals surface area (Å²) in [6.45, 7) is 5.84. The summed E-state index contributed by atoms with van der Waals surface area (Å²) in [5, 5.41) is 0. The van der Waals surface area contributed by atoms with Crippen molar-refractivity contribution in [3.8, 4) is 5.88 Å². The molecule has 0 radical (unpaired) electrons. The van der Waals surface area contributed by atoms with E-state index >= 15 is 0 Å². The predicted octanol–water partition coefficient (Wildman–Crippen LogP) is 2.65. The van der Waals surface area contributed by atoms with Crippen LogP contribution in [0.5, 0.6) is 5.88 Å². The molecule has 1 unspecified atom stereocenters. The number of hydrogen-bond donors (Lipinski definition) is 0. The second kappa shape index (κ2) is 4.84. The number of rotatable bonds is 4. The largest absolute Gasteiger partial charge is 0.472 e. The first-order valence-electron chi connectivity index (χ1n) is 6.85. The van der Waals surface area contributed by atoms with Crippen LogP contribution >= 0.6 is 0 Å². The Labute approximate surface area is 108 Å². The molecule has 1 atom stereocenters. The molecule has 4 heteroatoms. The van der Waals surface area contributed by atoms with Gasteiger partial charge >= 0.3 is 0 Å².